The van der Waals surface area contributed by atoms with Crippen molar-refractivity contribution < 1.29 is 28.5 Å². The molecule has 0 saturated carbocycles. The fraction of sp³-hybridized carbons (Fsp3) is 0.273. The second-order valence-corrected chi connectivity index (χ2v) is 7.06. The highest BCUT2D eigenvalue weighted by Gasteiger charge is 2.50. The zero-order chi connectivity index (χ0) is 21.3. The Bertz CT molecular complexity index is 1140. The topological polar surface area (TPSA) is 98.0 Å². The lowest BCUT2D eigenvalue weighted by atomic mass is 10.1. The SMILES string of the molecule is COc1ccccc1OC1C(C)OCC[N+]1(C(=O)[O-])c1ccc2c(=O)ccoc2c1. The van der Waals surface area contributed by atoms with Crippen LogP contribution in [0.3, 0.4) is 0 Å². The number of fused-ring (bicyclic) bond motifs is 1. The largest absolute Gasteiger partial charge is 0.498 e. The number of carbonyl (C=O) groups is 1. The van der Waals surface area contributed by atoms with Gasteiger partial charge in [-0.1, -0.05) is 12.1 Å². The number of benzene rings is 2. The number of methoxy groups -OCH3 is 1. The molecule has 1 aliphatic rings. The lowest BCUT2D eigenvalue weighted by molar-refractivity contribution is -0.279. The minimum absolute atomic E-state index is 0.0784. The summed E-state index contributed by atoms with van der Waals surface area (Å²) in [5, 5.41) is 12.9. The maximum Gasteiger partial charge on any atom is 0.270 e. The summed E-state index contributed by atoms with van der Waals surface area (Å²) >= 11 is 0. The Morgan fingerprint density at radius 3 is 2.67 bits per heavy atom. The lowest BCUT2D eigenvalue weighted by Crippen LogP contribution is -2.73. The van der Waals surface area contributed by atoms with Gasteiger partial charge in [0.2, 0.25) is 0 Å². The molecule has 0 bridgehead atoms. The summed E-state index contributed by atoms with van der Waals surface area (Å²) in [6, 6.07) is 13.0. The van der Waals surface area contributed by atoms with Gasteiger partial charge in [0.25, 0.3) is 12.3 Å². The Kier molecular flexibility index (Phi) is 5.19. The highest BCUT2D eigenvalue weighted by Crippen LogP contribution is 2.37. The second kappa shape index (κ2) is 7.81. The average Bonchev–Trinajstić information content (AvgIpc) is 2.75. The molecule has 1 aromatic heterocycles. The monoisotopic (exact) mass is 411 g/mol. The molecular formula is C22H21NO7. The van der Waals surface area contributed by atoms with E-state index < -0.39 is 22.9 Å². The van der Waals surface area contributed by atoms with Gasteiger partial charge in [-0.25, -0.2) is 4.48 Å². The second-order valence-electron chi connectivity index (χ2n) is 7.06. The molecule has 4 rings (SSSR count). The summed E-state index contributed by atoms with van der Waals surface area (Å²) < 4.78 is 22.0. The van der Waals surface area contributed by atoms with Gasteiger partial charge in [0, 0.05) is 18.2 Å². The number of hydrogen-bond donors (Lipinski definition) is 0. The van der Waals surface area contributed by atoms with Crippen molar-refractivity contribution >= 4 is 22.7 Å². The molecule has 1 fully saturated rings. The number of hydrogen-bond acceptors (Lipinski definition) is 7. The molecule has 8 nitrogen and oxygen atoms in total. The molecule has 1 amide bonds. The lowest BCUT2D eigenvalue weighted by Gasteiger charge is -2.47. The standard InChI is InChI=1S/C22H21NO7/c1-14-21(30-19-6-4-3-5-18(19)27-2)23(22(25)26,10-12-28-14)15-7-8-16-17(24)9-11-29-20(16)13-15/h3-9,11,13-14,21H,10,12H2,1-2H3. The molecular weight excluding hydrogens is 390 g/mol. The van der Waals surface area contributed by atoms with Gasteiger partial charge < -0.3 is 28.5 Å². The molecule has 2 aromatic carbocycles. The first kappa shape index (κ1) is 19.9. The zero-order valence-corrected chi connectivity index (χ0v) is 16.6. The van der Waals surface area contributed by atoms with Crippen LogP contribution in [0.4, 0.5) is 10.5 Å². The molecule has 3 unspecified atom stereocenters. The van der Waals surface area contributed by atoms with Crippen LogP contribution in [0.2, 0.25) is 0 Å². The summed E-state index contributed by atoms with van der Waals surface area (Å²) in [6.45, 7) is 2.02. The Labute approximate surface area is 172 Å². The van der Waals surface area contributed by atoms with Gasteiger partial charge >= 0.3 is 0 Å². The van der Waals surface area contributed by atoms with Crippen LogP contribution in [0.5, 0.6) is 11.5 Å². The third-order valence-electron chi connectivity index (χ3n) is 5.41. The van der Waals surface area contributed by atoms with E-state index in [1.54, 1.807) is 49.4 Å². The number of nitrogens with zero attached hydrogens (tertiary/aromatic N) is 1. The smallest absolute Gasteiger partial charge is 0.270 e. The van der Waals surface area contributed by atoms with E-state index in [1.165, 1.54) is 19.4 Å². The normalized spacial score (nSPS) is 23.8. The van der Waals surface area contributed by atoms with Crippen LogP contribution < -0.4 is 24.5 Å². The number of amides is 1. The van der Waals surface area contributed by atoms with Gasteiger partial charge in [0.1, 0.15) is 23.9 Å². The summed E-state index contributed by atoms with van der Waals surface area (Å²) in [6.07, 6.45) is -1.60. The predicted molar refractivity (Wildman–Crippen MR) is 107 cm³/mol. The zero-order valence-electron chi connectivity index (χ0n) is 16.6. The van der Waals surface area contributed by atoms with Crippen molar-refractivity contribution in [2.75, 3.05) is 20.3 Å². The molecule has 0 aliphatic carbocycles. The maximum absolute atomic E-state index is 12.6. The summed E-state index contributed by atoms with van der Waals surface area (Å²) in [7, 11) is 1.51. The van der Waals surface area contributed by atoms with Crippen LogP contribution in [-0.2, 0) is 4.74 Å². The van der Waals surface area contributed by atoms with Gasteiger partial charge in [-0.3, -0.25) is 4.79 Å². The Morgan fingerprint density at radius 1 is 1.17 bits per heavy atom. The number of ether oxygens (including phenoxy) is 3. The van der Waals surface area contributed by atoms with E-state index in [0.717, 1.165) is 0 Å². The first-order chi connectivity index (χ1) is 14.5. The molecule has 3 aromatic rings. The molecule has 2 heterocycles. The maximum atomic E-state index is 12.6. The summed E-state index contributed by atoms with van der Waals surface area (Å²) in [5.41, 5.74) is 0.445. The first-order valence-electron chi connectivity index (χ1n) is 9.50. The van der Waals surface area contributed by atoms with Crippen LogP contribution in [0.1, 0.15) is 6.92 Å². The molecule has 0 spiro atoms. The molecule has 0 N–H and O–H groups in total. The van der Waals surface area contributed by atoms with Crippen LogP contribution in [0.15, 0.2) is 64.0 Å². The molecule has 0 radical (unpaired) electrons. The van der Waals surface area contributed by atoms with Crippen molar-refractivity contribution in [2.45, 2.75) is 19.3 Å². The van der Waals surface area contributed by atoms with Gasteiger partial charge in [-0.15, -0.1) is 0 Å². The van der Waals surface area contributed by atoms with Gasteiger partial charge in [-0.2, -0.15) is 0 Å². The molecule has 3 atom stereocenters. The van der Waals surface area contributed by atoms with E-state index in [1.807, 2.05) is 0 Å². The fourth-order valence-electron chi connectivity index (χ4n) is 3.88. The molecule has 1 saturated heterocycles. The Morgan fingerprint density at radius 2 is 1.93 bits per heavy atom. The number of rotatable bonds is 4. The summed E-state index contributed by atoms with van der Waals surface area (Å²) in [4.78, 5) is 24.6. The van der Waals surface area contributed by atoms with Gasteiger partial charge in [0.05, 0.1) is 25.4 Å². The average molecular weight is 411 g/mol. The first-order valence-corrected chi connectivity index (χ1v) is 9.50. The number of morpholine rings is 1. The molecule has 1 aliphatic heterocycles. The van der Waals surface area contributed by atoms with Crippen LogP contribution in [-0.4, -0.2) is 38.7 Å². The number of quaternary nitrogens is 1. The van der Waals surface area contributed by atoms with Gasteiger partial charge in [-0.05, 0) is 25.1 Å². The van der Waals surface area contributed by atoms with Crippen LogP contribution in [0.25, 0.3) is 11.0 Å². The van der Waals surface area contributed by atoms with Crippen molar-refractivity contribution in [1.29, 1.82) is 0 Å². The Hall–Kier alpha value is -3.36. The number of carbonyl (C=O) groups excluding carboxylic acids is 1. The highest BCUT2D eigenvalue weighted by molar-refractivity contribution is 5.86. The van der Waals surface area contributed by atoms with Crippen molar-refractivity contribution in [1.82, 2.24) is 4.48 Å². The van der Waals surface area contributed by atoms with Crippen molar-refractivity contribution in [3.63, 3.8) is 0 Å². The van der Waals surface area contributed by atoms with Crippen LogP contribution >= 0.6 is 0 Å². The van der Waals surface area contributed by atoms with E-state index in [4.69, 9.17) is 18.6 Å². The van der Waals surface area contributed by atoms with E-state index in [2.05, 4.69) is 0 Å². The van der Waals surface area contributed by atoms with Crippen molar-refractivity contribution in [3.05, 3.63) is 65.0 Å². The molecule has 30 heavy (non-hydrogen) atoms. The minimum Gasteiger partial charge on any atom is -0.498 e. The van der Waals surface area contributed by atoms with Gasteiger partial charge in [0.15, 0.2) is 16.9 Å². The minimum atomic E-state index is -1.34. The van der Waals surface area contributed by atoms with Crippen LogP contribution in [0, 0.1) is 0 Å². The van der Waals surface area contributed by atoms with E-state index >= 15 is 0 Å². The summed E-state index contributed by atoms with van der Waals surface area (Å²) in [5.74, 6) is 0.856. The third kappa shape index (κ3) is 3.20. The number of para-hydroxylation sites is 2. The van der Waals surface area contributed by atoms with E-state index in [0.29, 0.717) is 22.6 Å². The predicted octanol–water partition coefficient (Wildman–Crippen LogP) is 2.28. The molecule has 8 heteroatoms. The number of carboxylic acid groups (broad SMARTS) is 1. The molecule has 156 valence electrons. The van der Waals surface area contributed by atoms with Crippen molar-refractivity contribution in [2.24, 2.45) is 0 Å². The fourth-order valence-corrected chi connectivity index (χ4v) is 3.88. The highest BCUT2D eigenvalue weighted by atomic mass is 16.6. The quantitative estimate of drug-likeness (QED) is 0.608. The Balaban J connectivity index is 1.86. The van der Waals surface area contributed by atoms with E-state index in [9.17, 15) is 14.7 Å². The van der Waals surface area contributed by atoms with E-state index in [-0.39, 0.29) is 24.2 Å². The third-order valence-corrected chi connectivity index (χ3v) is 5.41. The van der Waals surface area contributed by atoms with Crippen molar-refractivity contribution in [3.8, 4) is 11.5 Å².